The number of para-hydroxylation sites is 1. The highest BCUT2D eigenvalue weighted by Crippen LogP contribution is 2.41. The van der Waals surface area contributed by atoms with Crippen LogP contribution in [0.15, 0.2) is 54.6 Å². The molecule has 1 N–H and O–H groups in total. The van der Waals surface area contributed by atoms with Gasteiger partial charge in [0.25, 0.3) is 0 Å². The van der Waals surface area contributed by atoms with Crippen LogP contribution in [0.3, 0.4) is 0 Å². The molecule has 1 fully saturated rings. The number of amides is 2. The molecule has 0 aliphatic heterocycles. The van der Waals surface area contributed by atoms with E-state index in [0.717, 1.165) is 16.8 Å². The van der Waals surface area contributed by atoms with Crippen molar-refractivity contribution >= 4 is 17.5 Å². The van der Waals surface area contributed by atoms with Crippen molar-refractivity contribution in [3.8, 4) is 0 Å². The second-order valence-corrected chi connectivity index (χ2v) is 8.23. The lowest BCUT2D eigenvalue weighted by molar-refractivity contribution is -0.136. The van der Waals surface area contributed by atoms with E-state index in [9.17, 15) is 9.59 Å². The molecule has 28 heavy (non-hydrogen) atoms. The summed E-state index contributed by atoms with van der Waals surface area (Å²) < 4.78 is 0. The van der Waals surface area contributed by atoms with Gasteiger partial charge >= 0.3 is 0 Å². The van der Waals surface area contributed by atoms with Crippen molar-refractivity contribution in [1.29, 1.82) is 0 Å². The van der Waals surface area contributed by atoms with Crippen LogP contribution >= 0.6 is 0 Å². The molecule has 4 nitrogen and oxygen atoms in total. The van der Waals surface area contributed by atoms with E-state index in [2.05, 4.69) is 19.2 Å². The minimum absolute atomic E-state index is 0.0464. The summed E-state index contributed by atoms with van der Waals surface area (Å²) in [5.41, 5.74) is 3.08. The first kappa shape index (κ1) is 20.1. The van der Waals surface area contributed by atoms with Crippen LogP contribution in [0.25, 0.3) is 0 Å². The Morgan fingerprint density at radius 1 is 0.964 bits per heavy atom. The minimum atomic E-state index is -0.232. The number of nitrogens with one attached hydrogen (secondary N) is 1. The molecule has 2 aromatic carbocycles. The number of anilines is 1. The van der Waals surface area contributed by atoms with Crippen molar-refractivity contribution in [1.82, 2.24) is 4.90 Å². The third-order valence-electron chi connectivity index (χ3n) is 5.39. The zero-order valence-electron chi connectivity index (χ0n) is 17.2. The van der Waals surface area contributed by atoms with Gasteiger partial charge in [0.05, 0.1) is 11.8 Å². The van der Waals surface area contributed by atoms with Crippen LogP contribution in [0, 0.1) is 11.8 Å². The molecule has 1 aliphatic carbocycles. The molecular weight excluding hydrogens is 348 g/mol. The molecular formula is C24H30N2O2. The molecule has 0 aromatic heterocycles. The maximum Gasteiger partial charge on any atom is 0.228 e. The third kappa shape index (κ3) is 4.61. The summed E-state index contributed by atoms with van der Waals surface area (Å²) in [6.45, 7) is 8.85. The van der Waals surface area contributed by atoms with Crippen LogP contribution in [0.2, 0.25) is 0 Å². The van der Waals surface area contributed by atoms with Crippen LogP contribution in [0.1, 0.15) is 51.2 Å². The zero-order chi connectivity index (χ0) is 20.3. The predicted octanol–water partition coefficient (Wildman–Crippen LogP) is 4.82. The SMILES string of the molecule is CC(C)c1ccccc1NC(=O)C1CC1C(=O)N(Cc1ccccc1)C(C)C. The highest BCUT2D eigenvalue weighted by atomic mass is 16.2. The molecule has 1 saturated carbocycles. The van der Waals surface area contributed by atoms with E-state index in [1.54, 1.807) is 0 Å². The van der Waals surface area contributed by atoms with E-state index in [-0.39, 0.29) is 29.7 Å². The first-order chi connectivity index (χ1) is 13.4. The molecule has 2 unspecified atom stereocenters. The lowest BCUT2D eigenvalue weighted by Crippen LogP contribution is -2.38. The zero-order valence-corrected chi connectivity index (χ0v) is 17.2. The minimum Gasteiger partial charge on any atom is -0.336 e. The fourth-order valence-corrected chi connectivity index (χ4v) is 3.61. The molecule has 0 bridgehead atoms. The van der Waals surface area contributed by atoms with Crippen molar-refractivity contribution in [3.63, 3.8) is 0 Å². The molecule has 2 amide bonds. The normalized spacial score (nSPS) is 18.2. The lowest BCUT2D eigenvalue weighted by atomic mass is 10.0. The van der Waals surface area contributed by atoms with Gasteiger partial charge in [-0.15, -0.1) is 0 Å². The van der Waals surface area contributed by atoms with Gasteiger partial charge in [-0.2, -0.15) is 0 Å². The molecule has 0 radical (unpaired) electrons. The quantitative estimate of drug-likeness (QED) is 0.751. The fraction of sp³-hybridized carbons (Fsp3) is 0.417. The van der Waals surface area contributed by atoms with Crippen LogP contribution in [-0.2, 0) is 16.1 Å². The molecule has 2 aromatic rings. The molecule has 0 saturated heterocycles. The highest BCUT2D eigenvalue weighted by molar-refractivity contribution is 6.00. The Morgan fingerprint density at radius 2 is 1.61 bits per heavy atom. The van der Waals surface area contributed by atoms with Gasteiger partial charge in [-0.1, -0.05) is 62.4 Å². The molecule has 1 aliphatic rings. The van der Waals surface area contributed by atoms with E-state index < -0.39 is 0 Å². The standard InChI is InChI=1S/C24H30N2O2/c1-16(2)19-12-8-9-13-22(19)25-23(27)20-14-21(20)24(28)26(17(3)4)15-18-10-6-5-7-11-18/h5-13,16-17,20-21H,14-15H2,1-4H3,(H,25,27). The van der Waals surface area contributed by atoms with Crippen molar-refractivity contribution in [2.75, 3.05) is 5.32 Å². The van der Waals surface area contributed by atoms with Gasteiger partial charge in [0.2, 0.25) is 11.8 Å². The Balaban J connectivity index is 1.64. The first-order valence-electron chi connectivity index (χ1n) is 10.1. The maximum absolute atomic E-state index is 13.0. The van der Waals surface area contributed by atoms with Crippen molar-refractivity contribution in [2.24, 2.45) is 11.8 Å². The predicted molar refractivity (Wildman–Crippen MR) is 113 cm³/mol. The Kier molecular flexibility index (Phi) is 6.18. The second-order valence-electron chi connectivity index (χ2n) is 8.23. The second kappa shape index (κ2) is 8.59. The van der Waals surface area contributed by atoms with Crippen molar-refractivity contribution in [3.05, 3.63) is 65.7 Å². The van der Waals surface area contributed by atoms with Gasteiger partial charge in [-0.05, 0) is 43.4 Å². The van der Waals surface area contributed by atoms with E-state index in [0.29, 0.717) is 18.9 Å². The Hall–Kier alpha value is -2.62. The maximum atomic E-state index is 13.0. The van der Waals surface area contributed by atoms with Gasteiger partial charge in [0, 0.05) is 18.3 Å². The Bertz CT molecular complexity index is 830. The molecule has 2 atom stereocenters. The molecule has 4 heteroatoms. The summed E-state index contributed by atoms with van der Waals surface area (Å²) in [6.07, 6.45) is 0.631. The Labute approximate surface area is 167 Å². The summed E-state index contributed by atoms with van der Waals surface area (Å²) in [6, 6.07) is 18.0. The first-order valence-corrected chi connectivity index (χ1v) is 10.1. The number of hydrogen-bond donors (Lipinski definition) is 1. The number of hydrogen-bond acceptors (Lipinski definition) is 2. The molecule has 3 rings (SSSR count). The van der Waals surface area contributed by atoms with E-state index in [4.69, 9.17) is 0 Å². The summed E-state index contributed by atoms with van der Waals surface area (Å²) >= 11 is 0. The van der Waals surface area contributed by atoms with Crippen LogP contribution < -0.4 is 5.32 Å². The van der Waals surface area contributed by atoms with E-state index in [1.807, 2.05) is 73.3 Å². The summed E-state index contributed by atoms with van der Waals surface area (Å²) in [4.78, 5) is 27.7. The summed E-state index contributed by atoms with van der Waals surface area (Å²) in [5, 5.41) is 3.05. The molecule has 148 valence electrons. The van der Waals surface area contributed by atoms with Crippen molar-refractivity contribution in [2.45, 2.75) is 52.6 Å². The van der Waals surface area contributed by atoms with Crippen molar-refractivity contribution < 1.29 is 9.59 Å². The van der Waals surface area contributed by atoms with Gasteiger partial charge in [0.1, 0.15) is 0 Å². The van der Waals surface area contributed by atoms with Gasteiger partial charge < -0.3 is 10.2 Å². The average molecular weight is 379 g/mol. The number of nitrogens with zero attached hydrogens (tertiary/aromatic N) is 1. The van der Waals surface area contributed by atoms with E-state index in [1.165, 1.54) is 0 Å². The van der Waals surface area contributed by atoms with Gasteiger partial charge in [-0.3, -0.25) is 9.59 Å². The number of rotatable bonds is 7. The molecule has 0 heterocycles. The monoisotopic (exact) mass is 378 g/mol. The largest absolute Gasteiger partial charge is 0.336 e. The lowest BCUT2D eigenvalue weighted by Gasteiger charge is -2.27. The highest BCUT2D eigenvalue weighted by Gasteiger charge is 2.49. The number of benzene rings is 2. The third-order valence-corrected chi connectivity index (χ3v) is 5.39. The number of carbonyl (C=O) groups is 2. The van der Waals surface area contributed by atoms with Crippen LogP contribution in [0.4, 0.5) is 5.69 Å². The summed E-state index contributed by atoms with van der Waals surface area (Å²) in [7, 11) is 0. The molecule has 0 spiro atoms. The Morgan fingerprint density at radius 3 is 2.25 bits per heavy atom. The van der Waals surface area contributed by atoms with E-state index >= 15 is 0 Å². The van der Waals surface area contributed by atoms with Gasteiger partial charge in [0.15, 0.2) is 0 Å². The van der Waals surface area contributed by atoms with Crippen LogP contribution in [0.5, 0.6) is 0 Å². The number of carbonyl (C=O) groups excluding carboxylic acids is 2. The van der Waals surface area contributed by atoms with Crippen LogP contribution in [-0.4, -0.2) is 22.8 Å². The smallest absolute Gasteiger partial charge is 0.228 e. The topological polar surface area (TPSA) is 49.4 Å². The fourth-order valence-electron chi connectivity index (χ4n) is 3.61. The van der Waals surface area contributed by atoms with Gasteiger partial charge in [-0.25, -0.2) is 0 Å². The average Bonchev–Trinajstić information content (AvgIpc) is 3.47. The summed E-state index contributed by atoms with van der Waals surface area (Å²) in [5.74, 6) is -0.0801.